The molecule has 2 unspecified atom stereocenters. The van der Waals surface area contributed by atoms with Gasteiger partial charge in [-0.1, -0.05) is 0 Å². The number of hydroxylamine groups is 2. The van der Waals surface area contributed by atoms with E-state index < -0.39 is 42.4 Å². The second kappa shape index (κ2) is 6.06. The summed E-state index contributed by atoms with van der Waals surface area (Å²) in [5.41, 5.74) is 3.48. The number of aliphatic hydroxyl groups excluding tert-OH is 1. The summed E-state index contributed by atoms with van der Waals surface area (Å²) in [6.45, 7) is -1.25. The van der Waals surface area contributed by atoms with E-state index in [1.807, 2.05) is 0 Å². The van der Waals surface area contributed by atoms with Crippen LogP contribution in [0.1, 0.15) is 12.8 Å². The molecule has 9 heteroatoms. The van der Waals surface area contributed by atoms with Crippen LogP contribution >= 0.6 is 0 Å². The van der Waals surface area contributed by atoms with Gasteiger partial charge in [-0.25, -0.2) is 0 Å². The van der Waals surface area contributed by atoms with E-state index in [1.54, 1.807) is 0 Å². The molecule has 0 aromatic heterocycles. The molecule has 1 aliphatic heterocycles. The second-order valence-electron chi connectivity index (χ2n) is 4.32. The van der Waals surface area contributed by atoms with E-state index >= 15 is 0 Å². The Bertz CT molecular complexity index is 387. The number of hydrogen-bond donors (Lipinski definition) is 5. The van der Waals surface area contributed by atoms with Crippen LogP contribution in [0.5, 0.6) is 0 Å². The van der Waals surface area contributed by atoms with Crippen LogP contribution in [0.4, 0.5) is 0 Å². The van der Waals surface area contributed by atoms with Gasteiger partial charge in [-0.2, -0.15) is 5.06 Å². The fraction of sp³-hybridized carbons (Fsp3) is 0.700. The summed E-state index contributed by atoms with van der Waals surface area (Å²) < 4.78 is 0. The monoisotopic (exact) mass is 275 g/mol. The smallest absolute Gasteiger partial charge is 0.322 e. The van der Waals surface area contributed by atoms with Gasteiger partial charge in [-0.05, 0) is 12.8 Å². The minimum absolute atomic E-state index is 0.0154. The van der Waals surface area contributed by atoms with Gasteiger partial charge in [0.15, 0.2) is 11.3 Å². The third kappa shape index (κ3) is 2.89. The van der Waals surface area contributed by atoms with Crippen molar-refractivity contribution in [2.45, 2.75) is 24.4 Å². The van der Waals surface area contributed by atoms with Gasteiger partial charge in [-0.3, -0.25) is 14.4 Å². The van der Waals surface area contributed by atoms with Crippen molar-refractivity contribution >= 4 is 17.7 Å². The largest absolute Gasteiger partial charge is 0.480 e. The number of hydrogen-bond acceptors (Lipinski definition) is 7. The minimum Gasteiger partial charge on any atom is -0.480 e. The average Bonchev–Trinajstić information content (AvgIpc) is 2.76. The number of rotatable bonds is 6. The van der Waals surface area contributed by atoms with Crippen LogP contribution in [0.15, 0.2) is 0 Å². The van der Waals surface area contributed by atoms with Gasteiger partial charge in [0, 0.05) is 6.54 Å². The Hall–Kier alpha value is -1.55. The first-order valence-corrected chi connectivity index (χ1v) is 5.73. The van der Waals surface area contributed by atoms with Gasteiger partial charge in [0.05, 0.1) is 12.6 Å². The third-order valence-electron chi connectivity index (χ3n) is 3.07. The third-order valence-corrected chi connectivity index (χ3v) is 3.07. The number of nitrogens with one attached hydrogen (secondary N) is 1. The molecular weight excluding hydrogens is 258 g/mol. The normalized spacial score (nSPS) is 25.0. The summed E-state index contributed by atoms with van der Waals surface area (Å²) in [5.74, 6) is -3.04. The van der Waals surface area contributed by atoms with E-state index in [9.17, 15) is 19.6 Å². The van der Waals surface area contributed by atoms with Crippen molar-refractivity contribution < 1.29 is 29.8 Å². The predicted molar refractivity (Wildman–Crippen MR) is 61.2 cm³/mol. The molecule has 2 atom stereocenters. The molecule has 1 heterocycles. The average molecular weight is 275 g/mol. The fourth-order valence-corrected chi connectivity index (χ4v) is 2.09. The van der Waals surface area contributed by atoms with Crippen LogP contribution in [0.25, 0.3) is 0 Å². The van der Waals surface area contributed by atoms with E-state index in [0.29, 0.717) is 11.5 Å². The number of Topliss-reactive ketones (excluding diaryl/α,β-unsaturated/α-hetero) is 1. The maximum Gasteiger partial charge on any atom is 0.322 e. The molecule has 1 saturated heterocycles. The lowest BCUT2D eigenvalue weighted by Gasteiger charge is -2.32. The van der Waals surface area contributed by atoms with Crippen molar-refractivity contribution in [1.82, 2.24) is 10.4 Å². The number of aliphatic carboxylic acids is 1. The van der Waals surface area contributed by atoms with Crippen molar-refractivity contribution in [1.29, 1.82) is 0 Å². The molecule has 0 saturated carbocycles. The number of carbonyl (C=O) groups is 3. The van der Waals surface area contributed by atoms with Crippen molar-refractivity contribution in [2.24, 2.45) is 5.73 Å². The van der Waals surface area contributed by atoms with Crippen molar-refractivity contribution in [3.8, 4) is 0 Å². The molecule has 19 heavy (non-hydrogen) atoms. The summed E-state index contributed by atoms with van der Waals surface area (Å²) in [7, 11) is 0. The molecule has 1 aliphatic rings. The Morgan fingerprint density at radius 2 is 2.05 bits per heavy atom. The molecule has 0 aliphatic carbocycles. The van der Waals surface area contributed by atoms with Crippen LogP contribution in [0, 0.1) is 0 Å². The van der Waals surface area contributed by atoms with Crippen molar-refractivity contribution in [3.63, 3.8) is 0 Å². The number of nitrogens with two attached hydrogens (primary N) is 1. The Kier molecular flexibility index (Phi) is 4.95. The Labute approximate surface area is 108 Å². The van der Waals surface area contributed by atoms with Crippen molar-refractivity contribution in [2.75, 3.05) is 19.7 Å². The number of aliphatic hydroxyl groups is 1. The van der Waals surface area contributed by atoms with Gasteiger partial charge < -0.3 is 26.5 Å². The fourth-order valence-electron chi connectivity index (χ4n) is 2.09. The summed E-state index contributed by atoms with van der Waals surface area (Å²) in [6.07, 6.45) is 0.391. The molecule has 0 bridgehead atoms. The van der Waals surface area contributed by atoms with E-state index in [1.165, 1.54) is 0 Å². The molecular formula is C10H17N3O6. The standard InChI is InChI=1S/C10H17N3O6/c11-6(5-14)8(17)10(2-1-3-13(10)19)9(18)12-4-7(15)16/h6,14,19H,1-5,11H2,(H,12,18)(H,15,16). The van der Waals surface area contributed by atoms with E-state index in [4.69, 9.17) is 15.9 Å². The maximum absolute atomic E-state index is 12.1. The van der Waals surface area contributed by atoms with Crippen LogP contribution in [0.3, 0.4) is 0 Å². The summed E-state index contributed by atoms with van der Waals surface area (Å²) in [4.78, 5) is 34.5. The predicted octanol–water partition coefficient (Wildman–Crippen LogP) is -2.70. The highest BCUT2D eigenvalue weighted by Gasteiger charge is 2.54. The van der Waals surface area contributed by atoms with E-state index in [-0.39, 0.29) is 13.0 Å². The van der Waals surface area contributed by atoms with Crippen LogP contribution in [-0.4, -0.2) is 69.4 Å². The van der Waals surface area contributed by atoms with Crippen molar-refractivity contribution in [3.05, 3.63) is 0 Å². The summed E-state index contributed by atoms with van der Waals surface area (Å²) in [5, 5.41) is 29.8. The molecule has 0 spiro atoms. The Morgan fingerprint density at radius 3 is 2.47 bits per heavy atom. The molecule has 0 radical (unpaired) electrons. The molecule has 0 aromatic rings. The molecule has 108 valence electrons. The molecule has 6 N–H and O–H groups in total. The highest BCUT2D eigenvalue weighted by Crippen LogP contribution is 2.29. The Balaban J connectivity index is 2.97. The van der Waals surface area contributed by atoms with Crippen LogP contribution in [-0.2, 0) is 14.4 Å². The van der Waals surface area contributed by atoms with Crippen LogP contribution in [0.2, 0.25) is 0 Å². The maximum atomic E-state index is 12.1. The zero-order valence-electron chi connectivity index (χ0n) is 10.2. The molecule has 9 nitrogen and oxygen atoms in total. The molecule has 1 rings (SSSR count). The lowest BCUT2D eigenvalue weighted by molar-refractivity contribution is -0.178. The quantitative estimate of drug-likeness (QED) is 0.328. The number of carbonyl (C=O) groups excluding carboxylic acids is 2. The zero-order chi connectivity index (χ0) is 14.6. The first-order chi connectivity index (χ1) is 8.86. The lowest BCUT2D eigenvalue weighted by Crippen LogP contribution is -2.64. The first-order valence-electron chi connectivity index (χ1n) is 5.73. The number of ketones is 1. The Morgan fingerprint density at radius 1 is 1.42 bits per heavy atom. The number of carboxylic acids is 1. The van der Waals surface area contributed by atoms with Gasteiger partial charge in [0.1, 0.15) is 6.54 Å². The zero-order valence-corrected chi connectivity index (χ0v) is 10.2. The van der Waals surface area contributed by atoms with Gasteiger partial charge in [0.25, 0.3) is 5.91 Å². The van der Waals surface area contributed by atoms with Gasteiger partial charge >= 0.3 is 5.97 Å². The van der Waals surface area contributed by atoms with Gasteiger partial charge in [0.2, 0.25) is 0 Å². The number of carboxylic acid groups (broad SMARTS) is 1. The lowest BCUT2D eigenvalue weighted by atomic mass is 9.87. The SMILES string of the molecule is NC(CO)C(=O)C1(C(=O)NCC(=O)O)CCCN1O. The number of nitrogens with zero attached hydrogens (tertiary/aromatic N) is 1. The second-order valence-corrected chi connectivity index (χ2v) is 4.32. The van der Waals surface area contributed by atoms with E-state index in [0.717, 1.165) is 0 Å². The summed E-state index contributed by atoms with van der Waals surface area (Å²) in [6, 6.07) is -1.32. The molecule has 0 aromatic carbocycles. The molecule has 1 amide bonds. The number of amides is 1. The highest BCUT2D eigenvalue weighted by atomic mass is 16.5. The van der Waals surface area contributed by atoms with Crippen LogP contribution < -0.4 is 11.1 Å². The molecule has 1 fully saturated rings. The van der Waals surface area contributed by atoms with E-state index in [2.05, 4.69) is 5.32 Å². The van der Waals surface area contributed by atoms with Gasteiger partial charge in [-0.15, -0.1) is 0 Å². The topological polar surface area (TPSA) is 153 Å². The highest BCUT2D eigenvalue weighted by molar-refractivity contribution is 6.13. The first kappa shape index (κ1) is 15.5. The summed E-state index contributed by atoms with van der Waals surface area (Å²) >= 11 is 0. The minimum atomic E-state index is -1.92.